The van der Waals surface area contributed by atoms with Gasteiger partial charge in [-0.25, -0.2) is 53.2 Å². The fourth-order valence-electron chi connectivity index (χ4n) is 15.3. The molecule has 29 nitrogen and oxygen atoms in total. The first-order valence-electron chi connectivity index (χ1n) is 44.0. The number of hydrogen-bond acceptors (Lipinski definition) is 25. The minimum Gasteiger partial charge on any atom is -0.480 e. The molecule has 3 N–H and O–H groups in total. The first-order chi connectivity index (χ1) is 56.3. The molecule has 0 heterocycles. The number of ketones is 6. The van der Waals surface area contributed by atoms with Crippen molar-refractivity contribution in [3.63, 3.8) is 0 Å². The predicted molar refractivity (Wildman–Crippen MR) is 444 cm³/mol. The number of carboxylic acids is 1. The van der Waals surface area contributed by atoms with Crippen molar-refractivity contribution >= 4 is 95.2 Å². The summed E-state index contributed by atoms with van der Waals surface area (Å²) < 4.78 is 10.4. The van der Waals surface area contributed by atoms with Crippen LogP contribution in [-0.2, 0) is 81.4 Å². The summed E-state index contributed by atoms with van der Waals surface area (Å²) in [5.74, 6) is 2.55. The number of likely N-dealkylation sites (N-methyl/N-ethyl adjacent to an activating group) is 1. The number of amides is 3. The van der Waals surface area contributed by atoms with Crippen molar-refractivity contribution in [2.75, 3.05) is 14.2 Å². The topological polar surface area (TPSA) is 422 Å². The Morgan fingerprint density at radius 1 is 0.378 bits per heavy atom. The Hall–Kier alpha value is -8.26. The van der Waals surface area contributed by atoms with Crippen LogP contribution in [-0.4, -0.2) is 179 Å². The van der Waals surface area contributed by atoms with Crippen LogP contribution in [0, 0.1) is 82.3 Å². The van der Waals surface area contributed by atoms with Crippen LogP contribution in [0.1, 0.15) is 315 Å². The second-order valence-corrected chi connectivity index (χ2v) is 37.8. The molecule has 8 atom stereocenters. The lowest BCUT2D eigenvalue weighted by molar-refractivity contribution is -0.172. The molecule has 0 aromatic heterocycles. The number of carbonyl (C=O) groups excluding carboxylic acids is 15. The van der Waals surface area contributed by atoms with Gasteiger partial charge in [-0.1, -0.05) is 126 Å². The average Bonchev–Trinajstić information content (AvgIpc) is 1.67. The molecular formula is C90H139N9O20. The van der Waals surface area contributed by atoms with E-state index in [4.69, 9.17) is 14.3 Å². The number of rotatable bonds is 31. The maximum atomic E-state index is 12.4. The van der Waals surface area contributed by atoms with Crippen LogP contribution in [0.15, 0.2) is 30.0 Å². The molecule has 3 amide bonds. The van der Waals surface area contributed by atoms with Gasteiger partial charge in [0.2, 0.25) is 36.5 Å². The quantitative estimate of drug-likeness (QED) is 0.0330. The molecule has 0 spiro atoms. The van der Waals surface area contributed by atoms with Crippen molar-refractivity contribution in [3.8, 4) is 0 Å². The number of isocyanates is 6. The summed E-state index contributed by atoms with van der Waals surface area (Å²) in [5, 5.41) is 15.6. The number of carboxylic acid groups (broad SMARTS) is 1. The van der Waals surface area contributed by atoms with E-state index < -0.39 is 53.5 Å². The minimum absolute atomic E-state index is 0.0174. The summed E-state index contributed by atoms with van der Waals surface area (Å²) in [6.45, 7) is 24.1. The molecule has 29 heteroatoms. The van der Waals surface area contributed by atoms with Crippen LogP contribution in [0.25, 0.3) is 0 Å². The summed E-state index contributed by atoms with van der Waals surface area (Å²) in [7, 11) is 2.98. The Morgan fingerprint density at radius 2 is 0.681 bits per heavy atom. The number of hydroxylamine groups is 2. The highest BCUT2D eigenvalue weighted by molar-refractivity contribution is 5.92. The van der Waals surface area contributed by atoms with Gasteiger partial charge in [0.15, 0.2) is 28.9 Å². The summed E-state index contributed by atoms with van der Waals surface area (Å²) in [6, 6.07) is -3.61. The monoisotopic (exact) mass is 1670 g/mol. The van der Waals surface area contributed by atoms with Gasteiger partial charge in [-0.2, -0.15) is 25.0 Å². The third-order valence-electron chi connectivity index (χ3n) is 23.4. The van der Waals surface area contributed by atoms with Crippen molar-refractivity contribution in [1.82, 2.24) is 15.7 Å². The number of alkyl carbamates (subject to hydrolysis) is 2. The molecule has 0 unspecified atom stereocenters. The Kier molecular flexibility index (Phi) is 45.2. The molecule has 0 bridgehead atoms. The van der Waals surface area contributed by atoms with Gasteiger partial charge < -0.3 is 25.2 Å². The number of aliphatic imine (C=N–C) groups is 6. The summed E-state index contributed by atoms with van der Waals surface area (Å²) in [4.78, 5) is 205. The first kappa shape index (κ1) is 103. The molecule has 11 saturated carbocycles. The molecular weight excluding hydrogens is 1530 g/mol. The van der Waals surface area contributed by atoms with E-state index in [9.17, 15) is 81.8 Å². The molecule has 11 aliphatic rings. The lowest BCUT2D eigenvalue weighted by atomic mass is 9.78. The zero-order chi connectivity index (χ0) is 88.7. The van der Waals surface area contributed by atoms with Crippen LogP contribution >= 0.6 is 0 Å². The van der Waals surface area contributed by atoms with Crippen molar-refractivity contribution in [2.45, 2.75) is 374 Å². The molecule has 11 rings (SSSR count). The lowest BCUT2D eigenvalue weighted by Crippen LogP contribution is -2.52. The van der Waals surface area contributed by atoms with Gasteiger partial charge in [-0.3, -0.25) is 38.4 Å². The predicted octanol–water partition coefficient (Wildman–Crippen LogP) is 15.4. The SMILES string of the molecule is CC(C)(C)OC(=O)N[C@H](C(=O)O)C1CCCCC1.CC(C)(C)[C@H](N=C=O)C(=O)C1CC1.CC(C)[C@@H](CC(=O)C1CC1)N=C=O.CC(C)[C@H](N=C=O)C(=O)C1CC1.CON(C)C(=O)[C@@H](NC(=O)OC(C)(C)C)C1CCCCC1.O=C=N[C@H](C(=O)C1CC1)C1CCC1.O=C=N[C@H](C(=O)C1CC1)C1CCCC1.O=C=N[C@H](C(=O)C1CC1)C1CCCCC1. The number of carbonyl (C=O) groups is 10. The standard InChI is InChI=1S/C15H28N2O4.C13H23NO4.C12H17NO2.C11H15NO2.C10H13NO2.2C10H15NO2.C9H13NO2/c1-15(2,3)21-14(19)16-12(13(18)17(4)20-5)11-9-7-6-8-10-11;1-13(2,3)18-12(17)14-10(11(15)16)9-7-5-4-6-8-9;14-8-13-11(12(15)10-6-7-10)9-4-2-1-3-5-9;13-7-12-10(8-3-1-2-4-8)11(14)9-5-6-9;12-6-11-9(7-2-1-3-7)10(13)8-4-5-8;1-10(2,3)9(11-6-12)8(13)7-4-5-7;1-7(2)9(11-6-12)5-10(13)8-3-4-8;1-6(2)8(10-5-11)9(12)7-3-4-7/h11-12H,6-10H2,1-5H3,(H,16,19);9-10H,4-8H2,1-3H3,(H,14,17)(H,15,16);9-11H,1-7H2;8-10H,1-6H2;7-9H,1-5H2;7,9H,4-5H2,1-3H3;7-9H,3-5H2,1-2H3;6-8H,3-4H2,1-2H3/t12-;10-;11-;10-;3*9-;8-/m00000110/s1. The molecule has 0 aromatic carbocycles. The van der Waals surface area contributed by atoms with Gasteiger partial charge in [0.1, 0.15) is 59.3 Å². The van der Waals surface area contributed by atoms with Crippen LogP contribution < -0.4 is 10.6 Å². The highest BCUT2D eigenvalue weighted by Crippen LogP contribution is 2.42. The largest absolute Gasteiger partial charge is 0.480 e. The second kappa shape index (κ2) is 52.2. The van der Waals surface area contributed by atoms with E-state index >= 15 is 0 Å². The number of Topliss-reactive ketones (excluding diaryl/α,β-unsaturated/α-hetero) is 6. The molecule has 664 valence electrons. The molecule has 0 radical (unpaired) electrons. The molecule has 11 fully saturated rings. The van der Waals surface area contributed by atoms with Gasteiger partial charge in [0, 0.05) is 49.0 Å². The molecule has 119 heavy (non-hydrogen) atoms. The Bertz CT molecular complexity index is 3580. The van der Waals surface area contributed by atoms with Gasteiger partial charge in [0.05, 0.1) is 13.2 Å². The van der Waals surface area contributed by atoms with E-state index in [0.717, 1.165) is 178 Å². The number of nitrogens with zero attached hydrogens (tertiary/aromatic N) is 7. The fourth-order valence-corrected chi connectivity index (χ4v) is 15.3. The van der Waals surface area contributed by atoms with Gasteiger partial charge >= 0.3 is 18.2 Å². The van der Waals surface area contributed by atoms with Crippen LogP contribution in [0.4, 0.5) is 9.59 Å². The van der Waals surface area contributed by atoms with Crippen LogP contribution in [0.5, 0.6) is 0 Å². The maximum Gasteiger partial charge on any atom is 0.408 e. The molecule has 0 aliphatic heterocycles. The number of ether oxygens (including phenoxy) is 2. The second-order valence-electron chi connectivity index (χ2n) is 37.8. The van der Waals surface area contributed by atoms with Crippen molar-refractivity contribution < 1.29 is 96.1 Å². The van der Waals surface area contributed by atoms with Crippen molar-refractivity contribution in [3.05, 3.63) is 0 Å². The normalized spacial score (nSPS) is 20.5. The smallest absolute Gasteiger partial charge is 0.408 e. The number of nitrogens with one attached hydrogen (secondary N) is 2. The average molecular weight is 1670 g/mol. The summed E-state index contributed by atoms with van der Waals surface area (Å²) >= 11 is 0. The van der Waals surface area contributed by atoms with Gasteiger partial charge in [-0.05, 0) is 230 Å². The van der Waals surface area contributed by atoms with Crippen LogP contribution in [0.3, 0.4) is 0 Å². The Labute approximate surface area is 704 Å². The van der Waals surface area contributed by atoms with E-state index in [0.29, 0.717) is 24.2 Å². The molecule has 11 aliphatic carbocycles. The fraction of sp³-hybridized carbons (Fsp3) is 0.822. The highest BCUT2D eigenvalue weighted by Gasteiger charge is 2.45. The van der Waals surface area contributed by atoms with Gasteiger partial charge in [-0.15, -0.1) is 0 Å². The molecule has 0 aromatic rings. The zero-order valence-corrected chi connectivity index (χ0v) is 73.7. The number of aliphatic carboxylic acids is 1. The van der Waals surface area contributed by atoms with E-state index in [2.05, 4.69) is 40.6 Å². The lowest BCUT2D eigenvalue weighted by Gasteiger charge is -2.32. The zero-order valence-electron chi connectivity index (χ0n) is 73.7. The van der Waals surface area contributed by atoms with E-state index in [1.165, 1.54) is 76.4 Å². The third kappa shape index (κ3) is 39.9. The van der Waals surface area contributed by atoms with E-state index in [1.807, 2.05) is 48.5 Å². The van der Waals surface area contributed by atoms with Crippen molar-refractivity contribution in [2.24, 2.45) is 112 Å². The number of hydrogen-bond donors (Lipinski definition) is 3. The maximum absolute atomic E-state index is 12.4. The summed E-state index contributed by atoms with van der Waals surface area (Å²) in [6.07, 6.45) is 43.8. The minimum atomic E-state index is -0.979. The third-order valence-corrected chi connectivity index (χ3v) is 23.4. The van der Waals surface area contributed by atoms with Crippen molar-refractivity contribution in [1.29, 1.82) is 0 Å². The first-order valence-corrected chi connectivity index (χ1v) is 44.0. The van der Waals surface area contributed by atoms with E-state index in [1.54, 1.807) is 60.7 Å². The van der Waals surface area contributed by atoms with Crippen LogP contribution in [0.2, 0.25) is 0 Å². The Morgan fingerprint density at radius 3 is 0.958 bits per heavy atom. The van der Waals surface area contributed by atoms with E-state index in [-0.39, 0.29) is 129 Å². The Balaban J connectivity index is 0.000000288. The highest BCUT2D eigenvalue weighted by atomic mass is 16.7. The van der Waals surface area contributed by atoms with Gasteiger partial charge in [0.25, 0.3) is 5.91 Å². The molecule has 0 saturated heterocycles. The summed E-state index contributed by atoms with van der Waals surface area (Å²) in [5.41, 5.74) is -1.46.